The Hall–Kier alpha value is -2.05. The summed E-state index contributed by atoms with van der Waals surface area (Å²) < 4.78 is 0. The normalized spacial score (nSPS) is 15.2. The summed E-state index contributed by atoms with van der Waals surface area (Å²) in [6.07, 6.45) is 4.48. The van der Waals surface area contributed by atoms with E-state index in [2.05, 4.69) is 15.6 Å². The van der Waals surface area contributed by atoms with Crippen LogP contribution in [-0.4, -0.2) is 29.8 Å². The van der Waals surface area contributed by atoms with Crippen LogP contribution in [0.4, 0.5) is 5.13 Å². The number of thiazole rings is 1. The van der Waals surface area contributed by atoms with Gasteiger partial charge in [0.2, 0.25) is 5.91 Å². The van der Waals surface area contributed by atoms with E-state index in [1.807, 2.05) is 24.4 Å². The van der Waals surface area contributed by atoms with Crippen LogP contribution in [0.5, 0.6) is 0 Å². The van der Waals surface area contributed by atoms with Crippen molar-refractivity contribution in [2.24, 2.45) is 0 Å². The number of ketones is 1. The molecule has 1 aliphatic heterocycles. The Morgan fingerprint density at radius 3 is 2.67 bits per heavy atom. The molecule has 1 aromatic carbocycles. The molecular formula is C18H21N3O2S. The molecule has 0 radical (unpaired) electrons. The number of nitrogens with zero attached hydrogens (tertiary/aromatic N) is 1. The van der Waals surface area contributed by atoms with Gasteiger partial charge in [-0.25, -0.2) is 4.98 Å². The number of aromatic nitrogens is 1. The molecule has 0 spiro atoms. The Morgan fingerprint density at radius 1 is 1.17 bits per heavy atom. The molecule has 2 N–H and O–H groups in total. The Kier molecular flexibility index (Phi) is 5.72. The summed E-state index contributed by atoms with van der Waals surface area (Å²) in [5, 5.41) is 6.78. The third-order valence-electron chi connectivity index (χ3n) is 4.19. The quantitative estimate of drug-likeness (QED) is 0.790. The van der Waals surface area contributed by atoms with E-state index in [1.165, 1.54) is 4.88 Å². The predicted molar refractivity (Wildman–Crippen MR) is 95.6 cm³/mol. The standard InChI is InChI=1S/C18H21N3O2S/c22-15(13-4-2-1-3-5-13)6-7-17(23)21-18-20-12-16(24-18)14-8-10-19-11-9-14/h1-5,12,14,19H,6-11H2,(H,20,21,23). The summed E-state index contributed by atoms with van der Waals surface area (Å²) in [6, 6.07) is 9.06. The van der Waals surface area contributed by atoms with Crippen molar-refractivity contribution in [3.8, 4) is 0 Å². The van der Waals surface area contributed by atoms with E-state index in [0.717, 1.165) is 25.9 Å². The molecule has 5 nitrogen and oxygen atoms in total. The largest absolute Gasteiger partial charge is 0.317 e. The number of carbonyl (C=O) groups excluding carboxylic acids is 2. The summed E-state index contributed by atoms with van der Waals surface area (Å²) in [4.78, 5) is 29.6. The number of nitrogens with one attached hydrogen (secondary N) is 2. The Morgan fingerprint density at radius 2 is 1.92 bits per heavy atom. The zero-order chi connectivity index (χ0) is 16.8. The van der Waals surface area contributed by atoms with E-state index in [9.17, 15) is 9.59 Å². The van der Waals surface area contributed by atoms with Crippen molar-refractivity contribution in [2.75, 3.05) is 18.4 Å². The monoisotopic (exact) mass is 343 g/mol. The lowest BCUT2D eigenvalue weighted by Crippen LogP contribution is -2.26. The Balaban J connectivity index is 1.48. The number of piperidine rings is 1. The summed E-state index contributed by atoms with van der Waals surface area (Å²) >= 11 is 1.54. The third kappa shape index (κ3) is 4.49. The van der Waals surface area contributed by atoms with E-state index in [4.69, 9.17) is 0 Å². The van der Waals surface area contributed by atoms with Crippen LogP contribution in [0.2, 0.25) is 0 Å². The minimum absolute atomic E-state index is 0.0136. The van der Waals surface area contributed by atoms with E-state index in [1.54, 1.807) is 23.5 Å². The highest BCUT2D eigenvalue weighted by Crippen LogP contribution is 2.31. The highest BCUT2D eigenvalue weighted by Gasteiger charge is 2.18. The van der Waals surface area contributed by atoms with Gasteiger partial charge in [-0.2, -0.15) is 0 Å². The number of benzene rings is 1. The fraction of sp³-hybridized carbons (Fsp3) is 0.389. The van der Waals surface area contributed by atoms with E-state index < -0.39 is 0 Å². The second-order valence-corrected chi connectivity index (χ2v) is 6.99. The van der Waals surface area contributed by atoms with Gasteiger partial charge in [0.25, 0.3) is 0 Å². The second-order valence-electron chi connectivity index (χ2n) is 5.93. The molecule has 0 unspecified atom stereocenters. The average molecular weight is 343 g/mol. The summed E-state index contributed by atoms with van der Waals surface area (Å²) in [7, 11) is 0. The fourth-order valence-corrected chi connectivity index (χ4v) is 3.82. The van der Waals surface area contributed by atoms with Crippen LogP contribution >= 0.6 is 11.3 Å². The second kappa shape index (κ2) is 8.17. The maximum Gasteiger partial charge on any atom is 0.226 e. The minimum Gasteiger partial charge on any atom is -0.317 e. The van der Waals surface area contributed by atoms with Gasteiger partial charge >= 0.3 is 0 Å². The number of amides is 1. The van der Waals surface area contributed by atoms with E-state index in [-0.39, 0.29) is 24.5 Å². The topological polar surface area (TPSA) is 71.1 Å². The van der Waals surface area contributed by atoms with Crippen molar-refractivity contribution in [1.82, 2.24) is 10.3 Å². The first kappa shape index (κ1) is 16.8. The van der Waals surface area contributed by atoms with Gasteiger partial charge in [0, 0.05) is 29.5 Å². The lowest BCUT2D eigenvalue weighted by atomic mass is 9.97. The molecule has 0 saturated carbocycles. The van der Waals surface area contributed by atoms with Crippen molar-refractivity contribution < 1.29 is 9.59 Å². The summed E-state index contributed by atoms with van der Waals surface area (Å²) in [5.74, 6) is 0.361. The third-order valence-corrected chi connectivity index (χ3v) is 5.26. The van der Waals surface area contributed by atoms with E-state index in [0.29, 0.717) is 16.6 Å². The molecule has 1 aliphatic rings. The van der Waals surface area contributed by atoms with Crippen molar-refractivity contribution in [1.29, 1.82) is 0 Å². The first-order valence-electron chi connectivity index (χ1n) is 8.27. The SMILES string of the molecule is O=C(CCC(=O)c1ccccc1)Nc1ncc(C2CCNCC2)s1. The molecule has 2 aromatic rings. The lowest BCUT2D eigenvalue weighted by Gasteiger charge is -2.20. The van der Waals surface area contributed by atoms with Crippen LogP contribution in [0.1, 0.15) is 46.8 Å². The van der Waals surface area contributed by atoms with Crippen LogP contribution < -0.4 is 10.6 Å². The molecule has 2 heterocycles. The predicted octanol–water partition coefficient (Wildman–Crippen LogP) is 3.21. The zero-order valence-electron chi connectivity index (χ0n) is 13.5. The van der Waals surface area contributed by atoms with Crippen LogP contribution in [0.3, 0.4) is 0 Å². The molecule has 24 heavy (non-hydrogen) atoms. The number of hydrogen-bond donors (Lipinski definition) is 2. The Labute approximate surface area is 145 Å². The van der Waals surface area contributed by atoms with Crippen molar-refractivity contribution in [3.63, 3.8) is 0 Å². The molecule has 1 saturated heterocycles. The van der Waals surface area contributed by atoms with Gasteiger partial charge in [-0.1, -0.05) is 30.3 Å². The molecule has 0 bridgehead atoms. The van der Waals surface area contributed by atoms with Gasteiger partial charge < -0.3 is 10.6 Å². The Bertz CT molecular complexity index is 693. The number of rotatable bonds is 6. The van der Waals surface area contributed by atoms with Gasteiger partial charge in [-0.05, 0) is 31.8 Å². The van der Waals surface area contributed by atoms with Gasteiger partial charge in [0.15, 0.2) is 10.9 Å². The molecular weight excluding hydrogens is 322 g/mol. The van der Waals surface area contributed by atoms with Crippen molar-refractivity contribution in [3.05, 3.63) is 47.0 Å². The van der Waals surface area contributed by atoms with Crippen molar-refractivity contribution in [2.45, 2.75) is 31.6 Å². The lowest BCUT2D eigenvalue weighted by molar-refractivity contribution is -0.116. The highest BCUT2D eigenvalue weighted by atomic mass is 32.1. The van der Waals surface area contributed by atoms with Gasteiger partial charge in [0.05, 0.1) is 0 Å². The molecule has 0 atom stereocenters. The van der Waals surface area contributed by atoms with Gasteiger partial charge in [-0.3, -0.25) is 9.59 Å². The van der Waals surface area contributed by atoms with E-state index >= 15 is 0 Å². The molecule has 3 rings (SSSR count). The molecule has 6 heteroatoms. The van der Waals surface area contributed by atoms with Crippen LogP contribution in [0.15, 0.2) is 36.5 Å². The van der Waals surface area contributed by atoms with Crippen LogP contribution in [-0.2, 0) is 4.79 Å². The van der Waals surface area contributed by atoms with Crippen molar-refractivity contribution >= 4 is 28.2 Å². The zero-order valence-corrected chi connectivity index (χ0v) is 14.3. The molecule has 126 valence electrons. The highest BCUT2D eigenvalue weighted by molar-refractivity contribution is 7.15. The number of hydrogen-bond acceptors (Lipinski definition) is 5. The summed E-state index contributed by atoms with van der Waals surface area (Å²) in [5.41, 5.74) is 0.646. The van der Waals surface area contributed by atoms with Crippen LogP contribution in [0, 0.1) is 0 Å². The molecule has 0 aliphatic carbocycles. The molecule has 1 aromatic heterocycles. The number of Topliss-reactive ketones (excluding diaryl/α,β-unsaturated/α-hetero) is 1. The number of anilines is 1. The molecule has 1 amide bonds. The summed E-state index contributed by atoms with van der Waals surface area (Å²) in [6.45, 7) is 2.07. The molecule has 1 fully saturated rings. The minimum atomic E-state index is -0.162. The van der Waals surface area contributed by atoms with Gasteiger partial charge in [0.1, 0.15) is 0 Å². The smallest absolute Gasteiger partial charge is 0.226 e. The fourth-order valence-electron chi connectivity index (χ4n) is 2.82. The first-order chi connectivity index (χ1) is 11.7. The van der Waals surface area contributed by atoms with Gasteiger partial charge in [-0.15, -0.1) is 11.3 Å². The maximum atomic E-state index is 12.0. The average Bonchev–Trinajstić information content (AvgIpc) is 3.09. The number of carbonyl (C=O) groups is 2. The first-order valence-corrected chi connectivity index (χ1v) is 9.08. The van der Waals surface area contributed by atoms with Crippen LogP contribution in [0.25, 0.3) is 0 Å². The maximum absolute atomic E-state index is 12.0.